The van der Waals surface area contributed by atoms with E-state index in [0.717, 1.165) is 11.1 Å². The number of ether oxygens (including phenoxy) is 1. The molecule has 1 fully saturated rings. The lowest BCUT2D eigenvalue weighted by Crippen LogP contribution is -2.73. The van der Waals surface area contributed by atoms with E-state index in [4.69, 9.17) is 4.74 Å². The van der Waals surface area contributed by atoms with Crippen LogP contribution in [0.15, 0.2) is 61.2 Å². The van der Waals surface area contributed by atoms with Crippen LogP contribution in [0, 0.1) is 12.3 Å². The minimum absolute atomic E-state index is 0.0396. The van der Waals surface area contributed by atoms with Crippen LogP contribution in [0.4, 0.5) is 4.79 Å². The molecule has 1 saturated heterocycles. The summed E-state index contributed by atoms with van der Waals surface area (Å²) in [5, 5.41) is 2.98. The van der Waals surface area contributed by atoms with Gasteiger partial charge in [0, 0.05) is 5.56 Å². The second-order valence-corrected chi connectivity index (χ2v) is 8.53. The Bertz CT molecular complexity index is 1020. The SMILES string of the molecule is C=CCC(NC(=O)N1C(=O)C(CC)(CC)[C@@H]1Oc1ccc(C(C)=O)cc1)c1ccc(C)cc1. The zero-order valence-corrected chi connectivity index (χ0v) is 19.8. The largest absolute Gasteiger partial charge is 0.469 e. The molecule has 174 valence electrons. The Morgan fingerprint density at radius 1 is 1.12 bits per heavy atom. The van der Waals surface area contributed by atoms with Crippen molar-refractivity contribution in [1.29, 1.82) is 0 Å². The number of β-lactam (4-membered cyclic amide) rings is 1. The van der Waals surface area contributed by atoms with E-state index in [9.17, 15) is 14.4 Å². The molecule has 2 aromatic rings. The first kappa shape index (κ1) is 24.2. The molecule has 0 spiro atoms. The second-order valence-electron chi connectivity index (χ2n) is 8.53. The molecule has 1 N–H and O–H groups in total. The van der Waals surface area contributed by atoms with Gasteiger partial charge in [-0.3, -0.25) is 9.59 Å². The highest BCUT2D eigenvalue weighted by molar-refractivity contribution is 6.03. The molecule has 3 amide bonds. The summed E-state index contributed by atoms with van der Waals surface area (Å²) in [7, 11) is 0. The Morgan fingerprint density at radius 3 is 2.24 bits per heavy atom. The summed E-state index contributed by atoms with van der Waals surface area (Å²) in [6, 6.07) is 13.9. The van der Waals surface area contributed by atoms with Crippen LogP contribution in [0.2, 0.25) is 0 Å². The summed E-state index contributed by atoms with van der Waals surface area (Å²) in [4.78, 5) is 39.2. The number of nitrogens with zero attached hydrogens (tertiary/aromatic N) is 1. The molecular weight excluding hydrogens is 416 g/mol. The maximum absolute atomic E-state index is 13.3. The van der Waals surface area contributed by atoms with Crippen LogP contribution in [0.1, 0.15) is 67.6 Å². The topological polar surface area (TPSA) is 75.7 Å². The molecule has 6 heteroatoms. The molecule has 2 aromatic carbocycles. The normalized spacial score (nSPS) is 17.6. The Morgan fingerprint density at radius 2 is 1.73 bits per heavy atom. The number of urea groups is 1. The Hall–Kier alpha value is -3.41. The fourth-order valence-electron chi connectivity index (χ4n) is 4.26. The summed E-state index contributed by atoms with van der Waals surface area (Å²) in [6.45, 7) is 11.2. The van der Waals surface area contributed by atoms with Gasteiger partial charge in [-0.15, -0.1) is 6.58 Å². The monoisotopic (exact) mass is 448 g/mol. The molecule has 1 aliphatic heterocycles. The number of rotatable bonds is 9. The molecule has 1 unspecified atom stereocenters. The number of Topliss-reactive ketones (excluding diaryl/α,β-unsaturated/α-hetero) is 1. The molecule has 2 atom stereocenters. The molecule has 1 aliphatic rings. The number of likely N-dealkylation sites (tertiary alicyclic amines) is 1. The molecule has 6 nitrogen and oxygen atoms in total. The average molecular weight is 449 g/mol. The van der Waals surface area contributed by atoms with Crippen LogP contribution in [-0.2, 0) is 4.79 Å². The van der Waals surface area contributed by atoms with Crippen molar-refractivity contribution >= 4 is 17.7 Å². The molecule has 0 aliphatic carbocycles. The number of carbonyl (C=O) groups is 3. The van der Waals surface area contributed by atoms with Crippen LogP contribution in [0.25, 0.3) is 0 Å². The predicted molar refractivity (Wildman–Crippen MR) is 128 cm³/mol. The highest BCUT2D eigenvalue weighted by Crippen LogP contribution is 2.46. The molecule has 0 bridgehead atoms. The smallest absolute Gasteiger partial charge is 0.327 e. The summed E-state index contributed by atoms with van der Waals surface area (Å²) < 4.78 is 6.16. The summed E-state index contributed by atoms with van der Waals surface area (Å²) in [6.07, 6.45) is 2.65. The van der Waals surface area contributed by atoms with E-state index < -0.39 is 17.7 Å². The summed E-state index contributed by atoms with van der Waals surface area (Å²) >= 11 is 0. The molecule has 3 rings (SSSR count). The lowest BCUT2D eigenvalue weighted by atomic mass is 9.72. The van der Waals surface area contributed by atoms with Gasteiger partial charge < -0.3 is 10.1 Å². The summed E-state index contributed by atoms with van der Waals surface area (Å²) in [5.41, 5.74) is 1.87. The van der Waals surface area contributed by atoms with Crippen LogP contribution in [0.5, 0.6) is 5.75 Å². The van der Waals surface area contributed by atoms with Gasteiger partial charge >= 0.3 is 6.03 Å². The lowest BCUT2D eigenvalue weighted by Gasteiger charge is -2.53. The zero-order valence-electron chi connectivity index (χ0n) is 19.8. The second kappa shape index (κ2) is 10.0. The van der Waals surface area contributed by atoms with E-state index in [2.05, 4.69) is 11.9 Å². The number of ketones is 1. The Balaban J connectivity index is 1.84. The van der Waals surface area contributed by atoms with E-state index >= 15 is 0 Å². The summed E-state index contributed by atoms with van der Waals surface area (Å²) in [5.74, 6) is 0.224. The molecule has 33 heavy (non-hydrogen) atoms. The zero-order chi connectivity index (χ0) is 24.2. The third-order valence-corrected chi connectivity index (χ3v) is 6.52. The first-order valence-electron chi connectivity index (χ1n) is 11.4. The average Bonchev–Trinajstić information content (AvgIpc) is 2.80. The van der Waals surface area contributed by atoms with E-state index in [-0.39, 0.29) is 17.7 Å². The van der Waals surface area contributed by atoms with E-state index in [0.29, 0.717) is 30.6 Å². The highest BCUT2D eigenvalue weighted by atomic mass is 16.5. The first-order valence-corrected chi connectivity index (χ1v) is 11.4. The molecule has 1 heterocycles. The van der Waals surface area contributed by atoms with Gasteiger partial charge in [-0.1, -0.05) is 49.8 Å². The number of hydrogen-bond acceptors (Lipinski definition) is 4. The van der Waals surface area contributed by atoms with Crippen molar-refractivity contribution in [3.05, 3.63) is 77.9 Å². The number of carbonyl (C=O) groups excluding carboxylic acids is 3. The van der Waals surface area contributed by atoms with Gasteiger partial charge in [-0.2, -0.15) is 0 Å². The van der Waals surface area contributed by atoms with Crippen molar-refractivity contribution in [2.45, 2.75) is 59.2 Å². The van der Waals surface area contributed by atoms with Gasteiger partial charge in [0.25, 0.3) is 0 Å². The highest BCUT2D eigenvalue weighted by Gasteiger charge is 2.63. The number of nitrogens with one attached hydrogen (secondary N) is 1. The number of aryl methyl sites for hydroxylation is 1. The standard InChI is InChI=1S/C27H32N2O4/c1-6-9-23(21-12-10-18(4)11-13-21)28-26(32)29-24(31)27(7-2,8-3)25(29)33-22-16-14-20(15-17-22)19(5)30/h6,10-17,23,25H,1,7-9H2,2-5H3,(H,28,32)/t23?,25-/m0/s1. The fourth-order valence-corrected chi connectivity index (χ4v) is 4.26. The van der Waals surface area contributed by atoms with Gasteiger partial charge in [0.2, 0.25) is 5.91 Å². The van der Waals surface area contributed by atoms with E-state index in [1.807, 2.05) is 45.0 Å². The molecular formula is C27H32N2O4. The van der Waals surface area contributed by atoms with E-state index in [1.54, 1.807) is 30.3 Å². The minimum atomic E-state index is -0.769. The van der Waals surface area contributed by atoms with Crippen molar-refractivity contribution in [2.75, 3.05) is 0 Å². The van der Waals surface area contributed by atoms with Gasteiger partial charge in [-0.25, -0.2) is 9.69 Å². The number of benzene rings is 2. The minimum Gasteiger partial charge on any atom is -0.469 e. The Kier molecular flexibility index (Phi) is 7.36. The fraction of sp³-hybridized carbons (Fsp3) is 0.370. The van der Waals surface area contributed by atoms with Gasteiger partial charge in [0.15, 0.2) is 12.0 Å². The lowest BCUT2D eigenvalue weighted by molar-refractivity contribution is -0.190. The number of amides is 3. The first-order chi connectivity index (χ1) is 15.8. The van der Waals surface area contributed by atoms with Crippen LogP contribution < -0.4 is 10.1 Å². The number of imide groups is 1. The maximum atomic E-state index is 13.3. The van der Waals surface area contributed by atoms with Crippen molar-refractivity contribution in [2.24, 2.45) is 5.41 Å². The van der Waals surface area contributed by atoms with Crippen LogP contribution in [-0.4, -0.2) is 28.8 Å². The van der Waals surface area contributed by atoms with Crippen molar-refractivity contribution in [3.8, 4) is 5.75 Å². The van der Waals surface area contributed by atoms with Crippen LogP contribution in [0.3, 0.4) is 0 Å². The van der Waals surface area contributed by atoms with E-state index in [1.165, 1.54) is 11.8 Å². The molecule has 0 radical (unpaired) electrons. The van der Waals surface area contributed by atoms with Crippen molar-refractivity contribution in [3.63, 3.8) is 0 Å². The van der Waals surface area contributed by atoms with Crippen LogP contribution >= 0.6 is 0 Å². The van der Waals surface area contributed by atoms with Crippen molar-refractivity contribution < 1.29 is 19.1 Å². The molecule has 0 aromatic heterocycles. The third kappa shape index (κ3) is 4.70. The maximum Gasteiger partial charge on any atom is 0.327 e. The predicted octanol–water partition coefficient (Wildman–Crippen LogP) is 5.58. The third-order valence-electron chi connectivity index (χ3n) is 6.52. The van der Waals surface area contributed by atoms with Crippen molar-refractivity contribution in [1.82, 2.24) is 10.2 Å². The van der Waals surface area contributed by atoms with Gasteiger partial charge in [-0.05, 0) is 62.9 Å². The van der Waals surface area contributed by atoms with Gasteiger partial charge in [0.05, 0.1) is 6.04 Å². The molecule has 0 saturated carbocycles. The Labute approximate surface area is 195 Å². The van der Waals surface area contributed by atoms with Gasteiger partial charge in [0.1, 0.15) is 11.2 Å². The number of hydrogen-bond donors (Lipinski definition) is 1. The quantitative estimate of drug-likeness (QED) is 0.309.